The second-order valence-electron chi connectivity index (χ2n) is 8.02. The predicted octanol–water partition coefficient (Wildman–Crippen LogP) is 4.35. The van der Waals surface area contributed by atoms with Crippen molar-refractivity contribution < 1.29 is 17.8 Å². The van der Waals surface area contributed by atoms with Crippen LogP contribution < -0.4 is 0 Å². The number of nitrogens with zero attached hydrogens (tertiary/aromatic N) is 5. The van der Waals surface area contributed by atoms with E-state index in [-0.39, 0.29) is 10.6 Å². The summed E-state index contributed by atoms with van der Waals surface area (Å²) in [6.07, 6.45) is 3.12. The minimum absolute atomic E-state index is 0.0697. The molecule has 1 aliphatic heterocycles. The third-order valence-corrected chi connectivity index (χ3v) is 8.79. The molecule has 176 valence electrons. The van der Waals surface area contributed by atoms with E-state index in [1.54, 1.807) is 12.3 Å². The third kappa shape index (κ3) is 4.55. The minimum atomic E-state index is -3.80. The molecule has 0 amide bonds. The Morgan fingerprint density at radius 1 is 1.24 bits per heavy atom. The summed E-state index contributed by atoms with van der Waals surface area (Å²) in [5.41, 5.74) is 0.515. The van der Waals surface area contributed by atoms with Crippen LogP contribution >= 0.6 is 11.8 Å². The summed E-state index contributed by atoms with van der Waals surface area (Å²) in [7, 11) is -3.80. The molecular weight excluding hydrogens is 466 g/mol. The Balaban J connectivity index is 1.67. The zero-order valence-electron chi connectivity index (χ0n) is 18.6. The molecule has 0 bridgehead atoms. The smallest absolute Gasteiger partial charge is 0.284 e. The van der Waals surface area contributed by atoms with Crippen molar-refractivity contribution >= 4 is 27.5 Å². The summed E-state index contributed by atoms with van der Waals surface area (Å²) < 4.78 is 34.7. The molecule has 0 N–H and O–H groups in total. The standard InChI is InChI=1S/C21H25N5O5S2/c1-4-25-20(17-9-12-31-15(17)3)22-23-21(25)32-19-6-5-16(13-18(19)26(27)28)33(29,30)24-10-7-14(2)8-11-24/h5-6,9,12-14H,4,7-8,10-11H2,1-3H3. The van der Waals surface area contributed by atoms with Crippen molar-refractivity contribution in [2.75, 3.05) is 13.1 Å². The summed E-state index contributed by atoms with van der Waals surface area (Å²) in [6.45, 7) is 7.23. The summed E-state index contributed by atoms with van der Waals surface area (Å²) in [5, 5.41) is 20.8. The van der Waals surface area contributed by atoms with Crippen molar-refractivity contribution in [2.24, 2.45) is 5.92 Å². The molecule has 0 radical (unpaired) electrons. The first-order valence-corrected chi connectivity index (χ1v) is 12.9. The number of nitro groups is 1. The molecule has 0 unspecified atom stereocenters. The van der Waals surface area contributed by atoms with Crippen molar-refractivity contribution in [2.45, 2.75) is 55.1 Å². The maximum atomic E-state index is 13.1. The Labute approximate surface area is 196 Å². The van der Waals surface area contributed by atoms with Crippen molar-refractivity contribution in [3.63, 3.8) is 0 Å². The first-order valence-electron chi connectivity index (χ1n) is 10.7. The monoisotopic (exact) mass is 491 g/mol. The van der Waals surface area contributed by atoms with E-state index in [1.807, 2.05) is 18.4 Å². The van der Waals surface area contributed by atoms with Gasteiger partial charge in [0.25, 0.3) is 5.69 Å². The number of hydrogen-bond donors (Lipinski definition) is 0. The Hall–Kier alpha value is -2.70. The topological polar surface area (TPSA) is 124 Å². The van der Waals surface area contributed by atoms with E-state index in [0.717, 1.165) is 36.2 Å². The average Bonchev–Trinajstić information content (AvgIpc) is 3.39. The molecule has 12 heteroatoms. The van der Waals surface area contributed by atoms with Gasteiger partial charge in [0.05, 0.1) is 26.5 Å². The second-order valence-corrected chi connectivity index (χ2v) is 11.0. The molecule has 1 aliphatic rings. The van der Waals surface area contributed by atoms with Gasteiger partial charge in [-0.2, -0.15) is 4.31 Å². The number of benzene rings is 1. The van der Waals surface area contributed by atoms with Gasteiger partial charge in [0.2, 0.25) is 10.0 Å². The SMILES string of the molecule is CCn1c(Sc2ccc(S(=O)(=O)N3CCC(C)CC3)cc2[N+](=O)[O-])nnc1-c1ccoc1C. The van der Waals surface area contributed by atoms with Gasteiger partial charge in [-0.05, 0) is 62.6 Å². The van der Waals surface area contributed by atoms with Gasteiger partial charge in [0.1, 0.15) is 5.76 Å². The van der Waals surface area contributed by atoms with Crippen LogP contribution in [-0.2, 0) is 16.6 Å². The van der Waals surface area contributed by atoms with Crippen LogP contribution in [0, 0.1) is 23.0 Å². The fraction of sp³-hybridized carbons (Fsp3) is 0.429. The van der Waals surface area contributed by atoms with Crippen LogP contribution in [0.2, 0.25) is 0 Å². The van der Waals surface area contributed by atoms with Crippen molar-refractivity contribution in [3.05, 3.63) is 46.4 Å². The molecule has 0 spiro atoms. The highest BCUT2D eigenvalue weighted by atomic mass is 32.2. The van der Waals surface area contributed by atoms with Crippen LogP contribution in [0.4, 0.5) is 5.69 Å². The minimum Gasteiger partial charge on any atom is -0.469 e. The number of sulfonamides is 1. The van der Waals surface area contributed by atoms with E-state index in [9.17, 15) is 18.5 Å². The number of furan rings is 1. The van der Waals surface area contributed by atoms with E-state index >= 15 is 0 Å². The lowest BCUT2D eigenvalue weighted by atomic mass is 10.0. The lowest BCUT2D eigenvalue weighted by Gasteiger charge is -2.29. The number of hydrogen-bond acceptors (Lipinski definition) is 8. The van der Waals surface area contributed by atoms with Crippen LogP contribution in [0.5, 0.6) is 0 Å². The fourth-order valence-corrected chi connectivity index (χ4v) is 6.29. The number of piperidine rings is 1. The molecule has 1 aromatic carbocycles. The van der Waals surface area contributed by atoms with Crippen molar-refractivity contribution in [1.82, 2.24) is 19.1 Å². The second kappa shape index (κ2) is 9.27. The lowest BCUT2D eigenvalue weighted by Crippen LogP contribution is -2.37. The van der Waals surface area contributed by atoms with E-state index in [2.05, 4.69) is 17.1 Å². The number of aromatic nitrogens is 3. The number of nitro benzene ring substituents is 1. The van der Waals surface area contributed by atoms with Gasteiger partial charge in [-0.3, -0.25) is 10.1 Å². The molecule has 3 heterocycles. The first kappa shape index (κ1) is 23.5. The molecule has 0 saturated carbocycles. The first-order chi connectivity index (χ1) is 15.7. The molecule has 3 aromatic rings. The van der Waals surface area contributed by atoms with Crippen LogP contribution in [0.3, 0.4) is 0 Å². The van der Waals surface area contributed by atoms with E-state index in [0.29, 0.717) is 47.2 Å². The molecule has 33 heavy (non-hydrogen) atoms. The maximum Gasteiger partial charge on any atom is 0.284 e. The third-order valence-electron chi connectivity index (χ3n) is 5.84. The maximum absolute atomic E-state index is 13.1. The Kier molecular flexibility index (Phi) is 6.59. The van der Waals surface area contributed by atoms with Gasteiger partial charge >= 0.3 is 0 Å². The molecule has 0 atom stereocenters. The van der Waals surface area contributed by atoms with Gasteiger partial charge in [0, 0.05) is 25.7 Å². The van der Waals surface area contributed by atoms with Gasteiger partial charge < -0.3 is 8.98 Å². The summed E-state index contributed by atoms with van der Waals surface area (Å²) in [4.78, 5) is 11.5. The molecule has 1 fully saturated rings. The van der Waals surface area contributed by atoms with Gasteiger partial charge in [0.15, 0.2) is 11.0 Å². The summed E-state index contributed by atoms with van der Waals surface area (Å²) >= 11 is 1.08. The van der Waals surface area contributed by atoms with Crippen LogP contribution in [0.25, 0.3) is 11.4 Å². The summed E-state index contributed by atoms with van der Waals surface area (Å²) in [5.74, 6) is 1.77. The largest absolute Gasteiger partial charge is 0.469 e. The van der Waals surface area contributed by atoms with E-state index < -0.39 is 14.9 Å². The van der Waals surface area contributed by atoms with Crippen LogP contribution in [0.15, 0.2) is 49.9 Å². The zero-order valence-corrected chi connectivity index (χ0v) is 20.2. The Morgan fingerprint density at radius 3 is 2.58 bits per heavy atom. The molecule has 0 aliphatic carbocycles. The van der Waals surface area contributed by atoms with Crippen LogP contribution in [-0.4, -0.2) is 45.5 Å². The normalized spacial score (nSPS) is 15.7. The van der Waals surface area contributed by atoms with E-state index in [1.165, 1.54) is 16.4 Å². The van der Waals surface area contributed by atoms with Gasteiger partial charge in [-0.25, -0.2) is 8.42 Å². The predicted molar refractivity (Wildman–Crippen MR) is 123 cm³/mol. The Morgan fingerprint density at radius 2 is 1.97 bits per heavy atom. The average molecular weight is 492 g/mol. The van der Waals surface area contributed by atoms with E-state index in [4.69, 9.17) is 4.42 Å². The van der Waals surface area contributed by atoms with Crippen molar-refractivity contribution in [3.8, 4) is 11.4 Å². The van der Waals surface area contributed by atoms with Crippen molar-refractivity contribution in [1.29, 1.82) is 0 Å². The fourth-order valence-electron chi connectivity index (χ4n) is 3.82. The van der Waals surface area contributed by atoms with Gasteiger partial charge in [-0.1, -0.05) is 6.92 Å². The molecule has 4 rings (SSSR count). The molecule has 1 saturated heterocycles. The quantitative estimate of drug-likeness (QED) is 0.353. The van der Waals surface area contributed by atoms with Crippen LogP contribution in [0.1, 0.15) is 32.4 Å². The Bertz CT molecular complexity index is 1280. The highest BCUT2D eigenvalue weighted by molar-refractivity contribution is 7.99. The molecule has 2 aromatic heterocycles. The zero-order chi connectivity index (χ0) is 23.8. The van der Waals surface area contributed by atoms with Gasteiger partial charge in [-0.15, -0.1) is 10.2 Å². The lowest BCUT2D eigenvalue weighted by molar-refractivity contribution is -0.388. The molecule has 10 nitrogen and oxygen atoms in total. The highest BCUT2D eigenvalue weighted by Crippen LogP contribution is 2.38. The highest BCUT2D eigenvalue weighted by Gasteiger charge is 2.30. The molecular formula is C21H25N5O5S2. The summed E-state index contributed by atoms with van der Waals surface area (Å²) in [6, 6.07) is 5.84. The number of aryl methyl sites for hydroxylation is 1. The number of rotatable bonds is 7.